The van der Waals surface area contributed by atoms with E-state index in [2.05, 4.69) is 15.4 Å². The molecular formula is C42H51N5O8S2. The smallest absolute Gasteiger partial charge is 0.262 e. The maximum absolute atomic E-state index is 14.9. The number of aryl methyl sites for hydroxylation is 3. The van der Waals surface area contributed by atoms with Crippen molar-refractivity contribution < 1.29 is 37.1 Å². The molecule has 8 rings (SSSR count). The summed E-state index contributed by atoms with van der Waals surface area (Å²) in [5.74, 6) is -1.18. The van der Waals surface area contributed by atoms with Gasteiger partial charge in [-0.15, -0.1) is 11.3 Å². The number of aromatic nitrogens is 1. The lowest BCUT2D eigenvalue weighted by Crippen LogP contribution is -2.58. The normalized spacial score (nSPS) is 28.2. The van der Waals surface area contributed by atoms with Crippen LogP contribution in [-0.4, -0.2) is 83.6 Å². The summed E-state index contributed by atoms with van der Waals surface area (Å²) in [6.45, 7) is 5.60. The SMILES string of the molecule is CCc1nc2ccc(OC)cc2c2c1O[C@]1(CC2)C[C@H]2C(=O)N[C@]3(C(=O)NS(=O)(=O)C4(C)CC4)C[C@H]3C=CCCCCC[C@H](NC(=O)c3ccc(C)s3)C(=O)N2C1. The maximum atomic E-state index is 14.9. The predicted octanol–water partition coefficient (Wildman–Crippen LogP) is 5.03. The second-order valence-corrected chi connectivity index (χ2v) is 20.2. The van der Waals surface area contributed by atoms with Crippen LogP contribution in [0.4, 0.5) is 0 Å². The summed E-state index contributed by atoms with van der Waals surface area (Å²) in [7, 11) is -2.37. The molecule has 13 nitrogen and oxygen atoms in total. The molecule has 304 valence electrons. The first-order chi connectivity index (χ1) is 27.2. The Balaban J connectivity index is 1.15. The van der Waals surface area contributed by atoms with Gasteiger partial charge < -0.3 is 25.0 Å². The third kappa shape index (κ3) is 7.30. The van der Waals surface area contributed by atoms with E-state index < -0.39 is 61.6 Å². The highest BCUT2D eigenvalue weighted by molar-refractivity contribution is 7.91. The number of hydrogen-bond acceptors (Lipinski definition) is 10. The number of carbonyl (C=O) groups excluding carboxylic acids is 4. The van der Waals surface area contributed by atoms with Gasteiger partial charge in [-0.2, -0.15) is 0 Å². The molecule has 3 N–H and O–H groups in total. The van der Waals surface area contributed by atoms with E-state index in [1.54, 1.807) is 20.1 Å². The quantitative estimate of drug-likeness (QED) is 0.277. The Bertz CT molecular complexity index is 2290. The van der Waals surface area contributed by atoms with E-state index in [4.69, 9.17) is 14.5 Å². The van der Waals surface area contributed by atoms with Crippen molar-refractivity contribution >= 4 is 55.9 Å². The summed E-state index contributed by atoms with van der Waals surface area (Å²) in [5, 5.41) is 6.90. The number of fused-ring (bicyclic) bond motifs is 5. The van der Waals surface area contributed by atoms with E-state index in [1.165, 1.54) is 16.2 Å². The van der Waals surface area contributed by atoms with Crippen molar-refractivity contribution in [2.75, 3.05) is 13.7 Å². The highest BCUT2D eigenvalue weighted by atomic mass is 32.2. The van der Waals surface area contributed by atoms with Crippen LogP contribution in [0.1, 0.15) is 104 Å². The van der Waals surface area contributed by atoms with Crippen LogP contribution in [0.3, 0.4) is 0 Å². The van der Waals surface area contributed by atoms with Crippen molar-refractivity contribution in [2.24, 2.45) is 5.92 Å². The van der Waals surface area contributed by atoms with E-state index in [0.29, 0.717) is 67.7 Å². The Morgan fingerprint density at radius 3 is 2.63 bits per heavy atom. The van der Waals surface area contributed by atoms with Crippen LogP contribution < -0.4 is 24.8 Å². The fourth-order valence-corrected chi connectivity index (χ4v) is 10.8. The van der Waals surface area contributed by atoms with E-state index in [-0.39, 0.29) is 25.3 Å². The lowest BCUT2D eigenvalue weighted by Gasteiger charge is -2.37. The molecule has 1 aromatic carbocycles. The molecule has 1 spiro atoms. The van der Waals surface area contributed by atoms with Crippen LogP contribution in [0.25, 0.3) is 10.9 Å². The van der Waals surface area contributed by atoms with Crippen LogP contribution in [0.15, 0.2) is 42.5 Å². The molecule has 2 saturated carbocycles. The first-order valence-corrected chi connectivity index (χ1v) is 22.4. The molecule has 3 aromatic rings. The number of carbonyl (C=O) groups is 4. The minimum absolute atomic E-state index is 0.0718. The number of allylic oxidation sites excluding steroid dienone is 1. The van der Waals surface area contributed by atoms with Crippen LogP contribution in [-0.2, 0) is 37.2 Å². The van der Waals surface area contributed by atoms with Gasteiger partial charge in [-0.05, 0) is 102 Å². The molecule has 57 heavy (non-hydrogen) atoms. The van der Waals surface area contributed by atoms with Gasteiger partial charge in [0.15, 0.2) is 0 Å². The monoisotopic (exact) mass is 817 g/mol. The summed E-state index contributed by atoms with van der Waals surface area (Å²) in [6, 6.07) is 7.38. The van der Waals surface area contributed by atoms with Gasteiger partial charge >= 0.3 is 0 Å². The third-order valence-electron chi connectivity index (χ3n) is 12.7. The van der Waals surface area contributed by atoms with Gasteiger partial charge in [0.1, 0.15) is 34.7 Å². The lowest BCUT2D eigenvalue weighted by molar-refractivity contribution is -0.141. The minimum Gasteiger partial charge on any atom is -0.497 e. The molecule has 5 heterocycles. The van der Waals surface area contributed by atoms with E-state index >= 15 is 0 Å². The molecule has 2 aliphatic carbocycles. The fraction of sp³-hybridized carbons (Fsp3) is 0.548. The molecule has 0 radical (unpaired) electrons. The molecule has 5 atom stereocenters. The van der Waals surface area contributed by atoms with Crippen molar-refractivity contribution in [3.05, 3.63) is 63.5 Å². The van der Waals surface area contributed by atoms with Gasteiger partial charge in [0.2, 0.25) is 21.8 Å². The summed E-state index contributed by atoms with van der Waals surface area (Å²) < 4.78 is 40.3. The van der Waals surface area contributed by atoms with Crippen molar-refractivity contribution in [2.45, 2.75) is 126 Å². The maximum Gasteiger partial charge on any atom is 0.262 e. The topological polar surface area (TPSA) is 173 Å². The number of methoxy groups -OCH3 is 1. The first-order valence-electron chi connectivity index (χ1n) is 20.1. The van der Waals surface area contributed by atoms with Crippen LogP contribution in [0.5, 0.6) is 11.5 Å². The number of rotatable bonds is 7. The van der Waals surface area contributed by atoms with Crippen LogP contribution in [0, 0.1) is 12.8 Å². The van der Waals surface area contributed by atoms with Crippen molar-refractivity contribution in [3.8, 4) is 11.5 Å². The number of amides is 4. The fourth-order valence-electron chi connectivity index (χ4n) is 8.73. The predicted molar refractivity (Wildman–Crippen MR) is 216 cm³/mol. The Kier molecular flexibility index (Phi) is 10.1. The van der Waals surface area contributed by atoms with Crippen LogP contribution in [0.2, 0.25) is 0 Å². The van der Waals surface area contributed by atoms with Gasteiger partial charge in [-0.3, -0.25) is 23.9 Å². The number of ether oxygens (including phenoxy) is 2. The number of sulfonamides is 1. The van der Waals surface area contributed by atoms with Crippen molar-refractivity contribution in [1.29, 1.82) is 0 Å². The number of nitrogens with one attached hydrogen (secondary N) is 3. The number of thiophene rings is 1. The van der Waals surface area contributed by atoms with Gasteiger partial charge in [-0.25, -0.2) is 13.4 Å². The lowest BCUT2D eigenvalue weighted by atomic mass is 9.87. The largest absolute Gasteiger partial charge is 0.497 e. The standard InChI is InChI=1S/C42H51N5O8S2/c1-5-30-35-28(29-21-27(54-4)14-15-31(29)43-30)17-18-41(55-35)23-33-36(48)45-42(39(51)46-57(52,53)40(3)19-20-40)22-26(42)11-9-7-6-8-10-12-32(38(50)47(33)24-41)44-37(49)34-16-13-25(2)56-34/h9,11,13-16,21,26,32-33H,5-8,10,12,17-20,22-24H2,1-4H3,(H,44,49)(H,45,48)(H,46,51)/t26-,32+,33+,41-,42-/m1/s1. The third-order valence-corrected chi connectivity index (χ3v) is 15.8. The minimum atomic E-state index is -3.99. The zero-order valence-electron chi connectivity index (χ0n) is 32.9. The molecule has 2 aromatic heterocycles. The summed E-state index contributed by atoms with van der Waals surface area (Å²) in [6.07, 6.45) is 10.2. The van der Waals surface area contributed by atoms with Crippen molar-refractivity contribution in [1.82, 2.24) is 25.2 Å². The average Bonchev–Trinajstić information content (AvgIpc) is 4.01. The van der Waals surface area contributed by atoms with Gasteiger partial charge in [0.05, 0.1) is 34.5 Å². The van der Waals surface area contributed by atoms with E-state index in [1.807, 2.05) is 50.3 Å². The van der Waals surface area contributed by atoms with E-state index in [9.17, 15) is 27.6 Å². The van der Waals surface area contributed by atoms with Crippen molar-refractivity contribution in [3.63, 3.8) is 0 Å². The molecule has 5 aliphatic rings. The Morgan fingerprint density at radius 1 is 1.11 bits per heavy atom. The van der Waals surface area contributed by atoms with Gasteiger partial charge in [0, 0.05) is 28.2 Å². The summed E-state index contributed by atoms with van der Waals surface area (Å²) in [5.41, 5.74) is 0.112. The molecule has 3 aliphatic heterocycles. The van der Waals surface area contributed by atoms with Crippen LogP contribution >= 0.6 is 11.3 Å². The van der Waals surface area contributed by atoms with E-state index in [0.717, 1.165) is 39.9 Å². The molecular weight excluding hydrogens is 767 g/mol. The van der Waals surface area contributed by atoms with Gasteiger partial charge in [-0.1, -0.05) is 31.9 Å². The zero-order valence-corrected chi connectivity index (χ0v) is 34.6. The molecule has 4 amide bonds. The highest BCUT2D eigenvalue weighted by Gasteiger charge is 2.64. The number of hydrogen-bond donors (Lipinski definition) is 3. The molecule has 3 fully saturated rings. The molecule has 1 saturated heterocycles. The zero-order chi connectivity index (χ0) is 40.3. The summed E-state index contributed by atoms with van der Waals surface area (Å²) in [4.78, 5) is 65.2. The Hall–Kier alpha value is -4.50. The average molecular weight is 818 g/mol. The number of benzene rings is 1. The second kappa shape index (κ2) is 14.7. The Labute approximate surface area is 337 Å². The number of pyridine rings is 1. The molecule has 0 bridgehead atoms. The van der Waals surface area contributed by atoms with Gasteiger partial charge in [0.25, 0.3) is 11.8 Å². The number of nitrogens with zero attached hydrogens (tertiary/aromatic N) is 2. The summed E-state index contributed by atoms with van der Waals surface area (Å²) >= 11 is 1.35. The molecule has 0 unspecified atom stereocenters. The second-order valence-electron chi connectivity index (χ2n) is 16.7. The Morgan fingerprint density at radius 2 is 1.91 bits per heavy atom. The first kappa shape index (κ1) is 39.3. The highest BCUT2D eigenvalue weighted by Crippen LogP contribution is 2.49. The molecule has 15 heteroatoms.